The molecule has 0 aliphatic heterocycles. The van der Waals surface area contributed by atoms with Gasteiger partial charge in [0, 0.05) is 18.8 Å². The molecule has 178 valence electrons. The number of hydrogen-bond donors (Lipinski definition) is 2. The molecule has 0 aromatic carbocycles. The van der Waals surface area contributed by atoms with Crippen LogP contribution in [0.5, 0.6) is 0 Å². The van der Waals surface area contributed by atoms with Crippen molar-refractivity contribution in [1.29, 1.82) is 0 Å². The van der Waals surface area contributed by atoms with Crippen molar-refractivity contribution in [2.45, 2.75) is 67.2 Å². The van der Waals surface area contributed by atoms with E-state index in [0.717, 1.165) is 12.8 Å². The van der Waals surface area contributed by atoms with Gasteiger partial charge in [0.05, 0.1) is 12.2 Å². The summed E-state index contributed by atoms with van der Waals surface area (Å²) in [6, 6.07) is 0. The lowest BCUT2D eigenvalue weighted by atomic mass is 10.1. The molecule has 0 atom stereocenters. The summed E-state index contributed by atoms with van der Waals surface area (Å²) in [4.78, 5) is 59.5. The molecule has 3 aromatic rings. The molecule has 33 heavy (non-hydrogen) atoms. The Morgan fingerprint density at radius 2 is 1.73 bits per heavy atom. The van der Waals surface area contributed by atoms with E-state index in [9.17, 15) is 19.2 Å². The van der Waals surface area contributed by atoms with E-state index in [1.165, 1.54) is 4.57 Å². The molecular weight excluding hydrogens is 430 g/mol. The van der Waals surface area contributed by atoms with Gasteiger partial charge in [-0.3, -0.25) is 14.3 Å². The summed E-state index contributed by atoms with van der Waals surface area (Å²) in [6.07, 6.45) is 1.62. The smallest absolute Gasteiger partial charge is 0.355 e. The molecule has 0 amide bonds. The number of carbonyl (C=O) groups excluding carboxylic acids is 2. The fourth-order valence-electron chi connectivity index (χ4n) is 3.86. The SMILES string of the molecule is CCCCn1c(=O)[nH]c(=O)c2c1nc(COC(=O)c1[nH]c(C)c(C(=O)OCC)c1C)n2CC. The molecule has 0 saturated heterocycles. The first kappa shape index (κ1) is 24.0. The minimum absolute atomic E-state index is 0.146. The highest BCUT2D eigenvalue weighted by atomic mass is 16.5. The maximum Gasteiger partial charge on any atom is 0.355 e. The molecule has 2 N–H and O–H groups in total. The largest absolute Gasteiger partial charge is 0.462 e. The highest BCUT2D eigenvalue weighted by Crippen LogP contribution is 2.21. The van der Waals surface area contributed by atoms with Crippen molar-refractivity contribution in [3.63, 3.8) is 0 Å². The lowest BCUT2D eigenvalue weighted by molar-refractivity contribution is 0.0451. The molecule has 0 unspecified atom stereocenters. The zero-order valence-electron chi connectivity index (χ0n) is 19.5. The van der Waals surface area contributed by atoms with Crippen molar-refractivity contribution in [3.8, 4) is 0 Å². The topological polar surface area (TPSA) is 141 Å². The predicted molar refractivity (Wildman–Crippen MR) is 121 cm³/mol. The molecule has 0 spiro atoms. The van der Waals surface area contributed by atoms with Gasteiger partial charge in [-0.25, -0.2) is 19.4 Å². The van der Waals surface area contributed by atoms with E-state index in [4.69, 9.17) is 9.47 Å². The molecule has 0 saturated carbocycles. The molecule has 0 fully saturated rings. The van der Waals surface area contributed by atoms with Gasteiger partial charge in [-0.05, 0) is 39.7 Å². The molecule has 11 nitrogen and oxygen atoms in total. The van der Waals surface area contributed by atoms with Gasteiger partial charge in [0.25, 0.3) is 5.56 Å². The van der Waals surface area contributed by atoms with E-state index in [1.54, 1.807) is 25.3 Å². The van der Waals surface area contributed by atoms with Crippen LogP contribution in [0.2, 0.25) is 0 Å². The van der Waals surface area contributed by atoms with Crippen LogP contribution in [0.4, 0.5) is 0 Å². The number of aromatic amines is 2. The van der Waals surface area contributed by atoms with Crippen LogP contribution in [0.1, 0.15) is 71.5 Å². The zero-order valence-corrected chi connectivity index (χ0v) is 19.5. The highest BCUT2D eigenvalue weighted by Gasteiger charge is 2.25. The number of imidazole rings is 1. The predicted octanol–water partition coefficient (Wildman–Crippen LogP) is 2.18. The number of aryl methyl sites for hydroxylation is 3. The fraction of sp³-hybridized carbons (Fsp3) is 0.500. The van der Waals surface area contributed by atoms with Crippen LogP contribution in [-0.4, -0.2) is 42.6 Å². The van der Waals surface area contributed by atoms with Crippen molar-refractivity contribution in [2.24, 2.45) is 0 Å². The maximum atomic E-state index is 12.8. The number of rotatable bonds is 9. The monoisotopic (exact) mass is 459 g/mol. The number of esters is 2. The molecule has 3 heterocycles. The Labute approximate surface area is 189 Å². The minimum Gasteiger partial charge on any atom is -0.462 e. The van der Waals surface area contributed by atoms with Crippen LogP contribution < -0.4 is 11.2 Å². The third-order valence-electron chi connectivity index (χ3n) is 5.47. The number of carbonyl (C=O) groups is 2. The second-order valence-electron chi connectivity index (χ2n) is 7.63. The van der Waals surface area contributed by atoms with E-state index >= 15 is 0 Å². The minimum atomic E-state index is -0.668. The number of hydrogen-bond acceptors (Lipinski definition) is 7. The summed E-state index contributed by atoms with van der Waals surface area (Å²) < 4.78 is 13.6. The number of nitrogens with zero attached hydrogens (tertiary/aromatic N) is 3. The third-order valence-corrected chi connectivity index (χ3v) is 5.47. The van der Waals surface area contributed by atoms with E-state index in [-0.39, 0.29) is 30.1 Å². The first-order valence-corrected chi connectivity index (χ1v) is 11.0. The van der Waals surface area contributed by atoms with Crippen LogP contribution in [-0.2, 0) is 29.2 Å². The van der Waals surface area contributed by atoms with Crippen molar-refractivity contribution in [2.75, 3.05) is 6.61 Å². The van der Waals surface area contributed by atoms with Gasteiger partial charge in [-0.2, -0.15) is 0 Å². The fourth-order valence-corrected chi connectivity index (χ4v) is 3.86. The molecule has 3 aromatic heterocycles. The molecular formula is C22H29N5O6. The normalized spacial score (nSPS) is 11.2. The average molecular weight is 460 g/mol. The Kier molecular flexibility index (Phi) is 7.19. The van der Waals surface area contributed by atoms with Gasteiger partial charge in [0.15, 0.2) is 11.2 Å². The third kappa shape index (κ3) is 4.48. The van der Waals surface area contributed by atoms with E-state index in [0.29, 0.717) is 35.7 Å². The summed E-state index contributed by atoms with van der Waals surface area (Å²) >= 11 is 0. The molecule has 0 aliphatic carbocycles. The van der Waals surface area contributed by atoms with Crippen LogP contribution in [0.25, 0.3) is 11.2 Å². The number of fused-ring (bicyclic) bond motifs is 1. The first-order valence-electron chi connectivity index (χ1n) is 11.0. The second-order valence-corrected chi connectivity index (χ2v) is 7.63. The first-order chi connectivity index (χ1) is 15.7. The van der Waals surface area contributed by atoms with E-state index in [2.05, 4.69) is 15.0 Å². The lowest BCUT2D eigenvalue weighted by Gasteiger charge is -2.07. The molecule has 11 heteroatoms. The Morgan fingerprint density at radius 1 is 1.00 bits per heavy atom. The number of nitrogens with one attached hydrogen (secondary N) is 2. The summed E-state index contributed by atoms with van der Waals surface area (Å²) in [7, 11) is 0. The quantitative estimate of drug-likeness (QED) is 0.467. The standard InChI is InChI=1S/C22H29N5O6/c1-6-9-10-27-18-17(19(28)25-22(27)31)26(7-2)14(24-18)11-33-21(30)16-12(4)15(13(5)23-16)20(29)32-8-3/h23H,6-11H2,1-5H3,(H,25,28,31). The van der Waals surface area contributed by atoms with Crippen LogP contribution in [0.3, 0.4) is 0 Å². The molecule has 0 radical (unpaired) electrons. The number of aromatic nitrogens is 5. The average Bonchev–Trinajstić information content (AvgIpc) is 3.29. The Bertz CT molecular complexity index is 1310. The number of H-pyrrole nitrogens is 2. The van der Waals surface area contributed by atoms with E-state index in [1.807, 2.05) is 13.8 Å². The number of unbranched alkanes of at least 4 members (excludes halogenated alkanes) is 1. The lowest BCUT2D eigenvalue weighted by Crippen LogP contribution is -2.31. The van der Waals surface area contributed by atoms with Gasteiger partial charge >= 0.3 is 17.6 Å². The van der Waals surface area contributed by atoms with Gasteiger partial charge < -0.3 is 19.0 Å². The highest BCUT2D eigenvalue weighted by molar-refractivity contribution is 5.98. The van der Waals surface area contributed by atoms with Crippen LogP contribution in [0, 0.1) is 13.8 Å². The zero-order chi connectivity index (χ0) is 24.3. The van der Waals surface area contributed by atoms with E-state index < -0.39 is 23.2 Å². The summed E-state index contributed by atoms with van der Waals surface area (Å²) in [5.41, 5.74) is 0.856. The van der Waals surface area contributed by atoms with Gasteiger partial charge in [0.1, 0.15) is 18.1 Å². The van der Waals surface area contributed by atoms with Gasteiger partial charge in [-0.15, -0.1) is 0 Å². The Morgan fingerprint density at radius 3 is 2.36 bits per heavy atom. The summed E-state index contributed by atoms with van der Waals surface area (Å²) in [6.45, 7) is 9.67. The van der Waals surface area contributed by atoms with Crippen molar-refractivity contribution < 1.29 is 19.1 Å². The van der Waals surface area contributed by atoms with Crippen LogP contribution in [0.15, 0.2) is 9.59 Å². The van der Waals surface area contributed by atoms with Crippen molar-refractivity contribution in [3.05, 3.63) is 49.2 Å². The van der Waals surface area contributed by atoms with Crippen molar-refractivity contribution >= 4 is 23.1 Å². The molecule has 0 aliphatic rings. The Balaban J connectivity index is 1.93. The number of ether oxygens (including phenoxy) is 2. The van der Waals surface area contributed by atoms with Gasteiger partial charge in [-0.1, -0.05) is 13.3 Å². The second kappa shape index (κ2) is 9.88. The molecule has 3 rings (SSSR count). The summed E-state index contributed by atoms with van der Waals surface area (Å²) in [5.74, 6) is -0.841. The Hall–Kier alpha value is -3.63. The molecule has 0 bridgehead atoms. The maximum absolute atomic E-state index is 12.8. The van der Waals surface area contributed by atoms with Crippen molar-refractivity contribution in [1.82, 2.24) is 24.1 Å². The van der Waals surface area contributed by atoms with Gasteiger partial charge in [0.2, 0.25) is 0 Å². The summed E-state index contributed by atoms with van der Waals surface area (Å²) in [5, 5.41) is 0. The van der Waals surface area contributed by atoms with Crippen LogP contribution >= 0.6 is 0 Å².